The summed E-state index contributed by atoms with van der Waals surface area (Å²) in [6, 6.07) is 39.9. The number of rotatable bonds is 8. The molecule has 0 saturated carbocycles. The number of aryl methyl sites for hydroxylation is 1. The fourth-order valence-electron chi connectivity index (χ4n) is 4.87. The molecular formula is C34H33N. The fourth-order valence-corrected chi connectivity index (χ4v) is 4.87. The summed E-state index contributed by atoms with van der Waals surface area (Å²) in [7, 11) is 0. The highest BCUT2D eigenvalue weighted by molar-refractivity contribution is 5.84. The Hall–Kier alpha value is -3.68. The zero-order valence-corrected chi connectivity index (χ0v) is 20.6. The molecule has 1 heteroatoms. The quantitative estimate of drug-likeness (QED) is 0.247. The molecule has 0 bridgehead atoms. The minimum atomic E-state index is 0.338. The summed E-state index contributed by atoms with van der Waals surface area (Å²) < 4.78 is 0. The smallest absolute Gasteiger partial charge is 0.0208 e. The van der Waals surface area contributed by atoms with E-state index in [1.807, 2.05) is 0 Å². The number of benzene rings is 5. The van der Waals surface area contributed by atoms with Gasteiger partial charge in [-0.2, -0.15) is 0 Å². The molecule has 0 aliphatic rings. The van der Waals surface area contributed by atoms with Crippen LogP contribution in [0, 0.1) is 6.92 Å². The second-order valence-electron chi connectivity index (χ2n) is 9.61. The van der Waals surface area contributed by atoms with Crippen molar-refractivity contribution in [2.24, 2.45) is 0 Å². The molecule has 1 nitrogen and oxygen atoms in total. The van der Waals surface area contributed by atoms with Crippen molar-refractivity contribution in [2.75, 3.05) is 0 Å². The third-order valence-corrected chi connectivity index (χ3v) is 7.02. The Morgan fingerprint density at radius 2 is 1.31 bits per heavy atom. The Kier molecular flexibility index (Phi) is 7.07. The third kappa shape index (κ3) is 5.70. The van der Waals surface area contributed by atoms with E-state index >= 15 is 0 Å². The molecule has 2 unspecified atom stereocenters. The lowest BCUT2D eigenvalue weighted by atomic mass is 9.88. The van der Waals surface area contributed by atoms with Crippen LogP contribution in [0.2, 0.25) is 0 Å². The molecule has 0 spiro atoms. The highest BCUT2D eigenvalue weighted by Crippen LogP contribution is 2.26. The summed E-state index contributed by atoms with van der Waals surface area (Å²) in [5.41, 5.74) is 5.27. The molecule has 0 aliphatic heterocycles. The second-order valence-corrected chi connectivity index (χ2v) is 9.61. The maximum absolute atomic E-state index is 3.82. The maximum atomic E-state index is 3.82. The van der Waals surface area contributed by atoms with Gasteiger partial charge in [0.05, 0.1) is 0 Å². The lowest BCUT2D eigenvalue weighted by molar-refractivity contribution is 0.460. The van der Waals surface area contributed by atoms with Gasteiger partial charge in [0.25, 0.3) is 0 Å². The molecule has 0 aliphatic carbocycles. The van der Waals surface area contributed by atoms with Crippen molar-refractivity contribution in [1.29, 1.82) is 0 Å². The molecule has 5 aromatic rings. The molecule has 0 saturated heterocycles. The maximum Gasteiger partial charge on any atom is 0.0208 e. The van der Waals surface area contributed by atoms with Gasteiger partial charge in [-0.25, -0.2) is 0 Å². The zero-order valence-electron chi connectivity index (χ0n) is 20.6. The van der Waals surface area contributed by atoms with Crippen LogP contribution in [0.25, 0.3) is 27.6 Å². The van der Waals surface area contributed by atoms with Gasteiger partial charge in [-0.3, -0.25) is 0 Å². The van der Waals surface area contributed by atoms with E-state index in [1.54, 1.807) is 0 Å². The fraction of sp³-hybridized carbons (Fsp3) is 0.176. The molecule has 5 aromatic carbocycles. The molecule has 174 valence electrons. The van der Waals surface area contributed by atoms with Gasteiger partial charge >= 0.3 is 0 Å². The lowest BCUT2D eigenvalue weighted by Gasteiger charge is -2.25. The van der Waals surface area contributed by atoms with Crippen LogP contribution in [-0.4, -0.2) is 6.04 Å². The van der Waals surface area contributed by atoms with Gasteiger partial charge in [0.1, 0.15) is 0 Å². The summed E-state index contributed by atoms with van der Waals surface area (Å²) in [5, 5.41) is 8.98. The summed E-state index contributed by atoms with van der Waals surface area (Å²) in [4.78, 5) is 0. The average molecular weight is 456 g/mol. The first kappa shape index (κ1) is 23.1. The minimum absolute atomic E-state index is 0.338. The van der Waals surface area contributed by atoms with E-state index in [4.69, 9.17) is 0 Å². The first-order chi connectivity index (χ1) is 17.2. The van der Waals surface area contributed by atoms with E-state index in [0.29, 0.717) is 12.0 Å². The van der Waals surface area contributed by atoms with Crippen molar-refractivity contribution in [2.45, 2.75) is 38.8 Å². The largest absolute Gasteiger partial charge is 0.310 e. The van der Waals surface area contributed by atoms with E-state index in [-0.39, 0.29) is 0 Å². The third-order valence-electron chi connectivity index (χ3n) is 7.02. The van der Waals surface area contributed by atoms with Gasteiger partial charge in [0, 0.05) is 18.5 Å². The highest BCUT2D eigenvalue weighted by Gasteiger charge is 2.18. The molecule has 0 fully saturated rings. The van der Waals surface area contributed by atoms with Crippen molar-refractivity contribution in [3.63, 3.8) is 0 Å². The predicted molar refractivity (Wildman–Crippen MR) is 152 cm³/mol. The average Bonchev–Trinajstić information content (AvgIpc) is 2.90. The van der Waals surface area contributed by atoms with Crippen molar-refractivity contribution in [3.05, 3.63) is 138 Å². The van der Waals surface area contributed by atoms with Gasteiger partial charge < -0.3 is 5.32 Å². The Morgan fingerprint density at radius 3 is 2.03 bits per heavy atom. The summed E-state index contributed by atoms with van der Waals surface area (Å²) in [6.45, 7) is 5.33. The van der Waals surface area contributed by atoms with E-state index in [2.05, 4.69) is 141 Å². The van der Waals surface area contributed by atoms with Crippen LogP contribution in [0.4, 0.5) is 0 Å². The van der Waals surface area contributed by atoms with Gasteiger partial charge in [-0.05, 0) is 70.6 Å². The van der Waals surface area contributed by atoms with E-state index < -0.39 is 0 Å². The zero-order chi connectivity index (χ0) is 24.0. The second kappa shape index (κ2) is 10.7. The van der Waals surface area contributed by atoms with E-state index in [9.17, 15) is 0 Å². The van der Waals surface area contributed by atoms with Gasteiger partial charge in [0.15, 0.2) is 0 Å². The van der Waals surface area contributed by atoms with Crippen LogP contribution in [-0.2, 0) is 6.54 Å². The van der Waals surface area contributed by atoms with Crippen LogP contribution in [0.5, 0.6) is 0 Å². The van der Waals surface area contributed by atoms with Gasteiger partial charge in [-0.1, -0.05) is 115 Å². The molecule has 0 amide bonds. The van der Waals surface area contributed by atoms with Crippen LogP contribution >= 0.6 is 0 Å². The minimum Gasteiger partial charge on any atom is -0.310 e. The Balaban J connectivity index is 1.31. The lowest BCUT2D eigenvalue weighted by Crippen LogP contribution is -2.31. The molecule has 35 heavy (non-hydrogen) atoms. The Labute approximate surface area is 209 Å². The molecule has 0 radical (unpaired) electrons. The van der Waals surface area contributed by atoms with Crippen LogP contribution in [0.1, 0.15) is 41.5 Å². The van der Waals surface area contributed by atoms with Crippen LogP contribution < -0.4 is 5.32 Å². The van der Waals surface area contributed by atoms with Crippen molar-refractivity contribution >= 4 is 27.6 Å². The van der Waals surface area contributed by atoms with Crippen molar-refractivity contribution < 1.29 is 0 Å². The number of hydrogen-bond acceptors (Lipinski definition) is 1. The van der Waals surface area contributed by atoms with Crippen LogP contribution in [0.15, 0.2) is 115 Å². The first-order valence-corrected chi connectivity index (χ1v) is 12.6. The van der Waals surface area contributed by atoms with Crippen molar-refractivity contribution in [3.8, 4) is 0 Å². The topological polar surface area (TPSA) is 12.0 Å². The van der Waals surface area contributed by atoms with Crippen LogP contribution in [0.3, 0.4) is 0 Å². The molecule has 5 rings (SSSR count). The SMILES string of the molecule is Cc1ccc(C(C/C=C/c2ccc3ccccc3c2)C(C)NCc2ccc3ccccc3c2)cc1. The highest BCUT2D eigenvalue weighted by atomic mass is 14.9. The Morgan fingerprint density at radius 1 is 0.686 bits per heavy atom. The van der Waals surface area contributed by atoms with E-state index in [0.717, 1.165) is 13.0 Å². The van der Waals surface area contributed by atoms with E-state index in [1.165, 1.54) is 43.8 Å². The number of hydrogen-bond donors (Lipinski definition) is 1. The Bertz CT molecular complexity index is 1450. The van der Waals surface area contributed by atoms with Gasteiger partial charge in [-0.15, -0.1) is 0 Å². The molecule has 0 heterocycles. The molecular weight excluding hydrogens is 422 g/mol. The normalized spacial score (nSPS) is 13.4. The summed E-state index contributed by atoms with van der Waals surface area (Å²) in [5.74, 6) is 0.396. The van der Waals surface area contributed by atoms with Gasteiger partial charge in [0.2, 0.25) is 0 Å². The standard InChI is InChI=1S/C34H33N/c1-25-14-18-31(19-15-25)34(13-7-8-27-16-20-29-9-3-5-11-32(29)22-27)26(2)35-24-28-17-21-30-10-4-6-12-33(30)23-28/h3-12,14-23,26,34-35H,13,24H2,1-2H3/b8-7+. The molecule has 2 atom stereocenters. The number of fused-ring (bicyclic) bond motifs is 2. The van der Waals surface area contributed by atoms with Crippen molar-refractivity contribution in [1.82, 2.24) is 5.32 Å². The number of nitrogens with one attached hydrogen (secondary N) is 1. The first-order valence-electron chi connectivity index (χ1n) is 12.6. The number of allylic oxidation sites excluding steroid dienone is 1. The molecule has 0 aromatic heterocycles. The summed E-state index contributed by atoms with van der Waals surface area (Å²) in [6.07, 6.45) is 5.59. The predicted octanol–water partition coefficient (Wildman–Crippen LogP) is 8.67. The summed E-state index contributed by atoms with van der Waals surface area (Å²) >= 11 is 0. The monoisotopic (exact) mass is 455 g/mol. The molecule has 1 N–H and O–H groups in total.